The van der Waals surface area contributed by atoms with Gasteiger partial charge in [0.15, 0.2) is 11.6 Å². The van der Waals surface area contributed by atoms with E-state index >= 15 is 0 Å². The molecule has 2 aromatic carbocycles. The van der Waals surface area contributed by atoms with Crippen LogP contribution in [-0.2, 0) is 4.79 Å². The quantitative estimate of drug-likeness (QED) is 0.887. The maximum Gasteiger partial charge on any atom is 0.238 e. The normalized spacial score (nSPS) is 12.0. The summed E-state index contributed by atoms with van der Waals surface area (Å²) in [7, 11) is 0. The molecule has 0 aromatic heterocycles. The zero-order chi connectivity index (χ0) is 16.1. The molecule has 1 atom stereocenters. The number of rotatable bonds is 5. The molecule has 0 saturated heterocycles. The lowest BCUT2D eigenvalue weighted by molar-refractivity contribution is -0.115. The largest absolute Gasteiger partial charge is 0.325 e. The minimum Gasteiger partial charge on any atom is -0.325 e. The highest BCUT2D eigenvalue weighted by Gasteiger charge is 2.11. The fraction of sp³-hybridized carbons (Fsp3) is 0.235. The van der Waals surface area contributed by atoms with Crippen LogP contribution in [0, 0.1) is 18.6 Å². The van der Waals surface area contributed by atoms with Gasteiger partial charge in [0, 0.05) is 11.7 Å². The summed E-state index contributed by atoms with van der Waals surface area (Å²) >= 11 is 0. The molecule has 116 valence electrons. The van der Waals surface area contributed by atoms with Gasteiger partial charge in [0.25, 0.3) is 0 Å². The highest BCUT2D eigenvalue weighted by molar-refractivity contribution is 5.92. The van der Waals surface area contributed by atoms with E-state index in [2.05, 4.69) is 10.6 Å². The standard InChI is InChI=1S/C17H18F2N2O/c1-11-5-3-4-6-16(11)21-17(22)10-20-12(2)13-7-8-14(18)15(19)9-13/h3-9,12,20H,10H2,1-2H3,(H,21,22)/t12-/m1/s1. The first-order chi connectivity index (χ1) is 10.5. The molecule has 1 amide bonds. The van der Waals surface area contributed by atoms with Gasteiger partial charge in [-0.25, -0.2) is 8.78 Å². The summed E-state index contributed by atoms with van der Waals surface area (Å²) in [4.78, 5) is 11.9. The molecule has 2 N–H and O–H groups in total. The lowest BCUT2D eigenvalue weighted by atomic mass is 10.1. The molecule has 0 spiro atoms. The molecular formula is C17H18F2N2O. The van der Waals surface area contributed by atoms with Crippen LogP contribution in [0.15, 0.2) is 42.5 Å². The number of hydrogen-bond donors (Lipinski definition) is 2. The number of amides is 1. The lowest BCUT2D eigenvalue weighted by Crippen LogP contribution is -2.30. The highest BCUT2D eigenvalue weighted by Crippen LogP contribution is 2.16. The second kappa shape index (κ2) is 7.13. The second-order valence-corrected chi connectivity index (χ2v) is 5.14. The van der Waals surface area contributed by atoms with Crippen molar-refractivity contribution in [3.8, 4) is 0 Å². The molecule has 0 unspecified atom stereocenters. The van der Waals surface area contributed by atoms with E-state index in [4.69, 9.17) is 0 Å². The monoisotopic (exact) mass is 304 g/mol. The van der Waals surface area contributed by atoms with E-state index in [0.29, 0.717) is 5.56 Å². The average Bonchev–Trinajstić information content (AvgIpc) is 2.50. The zero-order valence-electron chi connectivity index (χ0n) is 12.5. The second-order valence-electron chi connectivity index (χ2n) is 5.14. The van der Waals surface area contributed by atoms with E-state index in [1.165, 1.54) is 6.07 Å². The summed E-state index contributed by atoms with van der Waals surface area (Å²) in [6, 6.07) is 10.9. The van der Waals surface area contributed by atoms with Gasteiger partial charge in [-0.15, -0.1) is 0 Å². The lowest BCUT2D eigenvalue weighted by Gasteiger charge is -2.15. The predicted molar refractivity (Wildman–Crippen MR) is 82.6 cm³/mol. The molecule has 0 radical (unpaired) electrons. The average molecular weight is 304 g/mol. The summed E-state index contributed by atoms with van der Waals surface area (Å²) in [5.74, 6) is -1.97. The highest BCUT2D eigenvalue weighted by atomic mass is 19.2. The van der Waals surface area contributed by atoms with Gasteiger partial charge >= 0.3 is 0 Å². The summed E-state index contributed by atoms with van der Waals surface area (Å²) in [6.45, 7) is 3.77. The van der Waals surface area contributed by atoms with Crippen LogP contribution in [0.3, 0.4) is 0 Å². The van der Waals surface area contributed by atoms with Crippen LogP contribution >= 0.6 is 0 Å². The van der Waals surface area contributed by atoms with Crippen LogP contribution in [0.5, 0.6) is 0 Å². The molecule has 0 fully saturated rings. The third kappa shape index (κ3) is 4.11. The number of hydrogen-bond acceptors (Lipinski definition) is 2. The summed E-state index contributed by atoms with van der Waals surface area (Å²) in [6.07, 6.45) is 0. The molecule has 0 bridgehead atoms. The van der Waals surface area contributed by atoms with Crippen LogP contribution < -0.4 is 10.6 Å². The molecule has 2 rings (SSSR count). The molecule has 5 heteroatoms. The Kier molecular flexibility index (Phi) is 5.22. The van der Waals surface area contributed by atoms with Crippen LogP contribution in [0.4, 0.5) is 14.5 Å². The van der Waals surface area contributed by atoms with Crippen LogP contribution in [-0.4, -0.2) is 12.5 Å². The first kappa shape index (κ1) is 16.1. The van der Waals surface area contributed by atoms with Crippen molar-refractivity contribution in [1.82, 2.24) is 5.32 Å². The van der Waals surface area contributed by atoms with Crippen LogP contribution in [0.25, 0.3) is 0 Å². The molecule has 0 saturated carbocycles. The number of benzene rings is 2. The van der Waals surface area contributed by atoms with Gasteiger partial charge < -0.3 is 10.6 Å². The minimum absolute atomic E-state index is 0.0779. The number of carbonyl (C=O) groups is 1. The number of anilines is 1. The van der Waals surface area contributed by atoms with E-state index < -0.39 is 11.6 Å². The molecule has 0 heterocycles. The Morgan fingerprint density at radius 1 is 1.14 bits per heavy atom. The van der Waals surface area contributed by atoms with Gasteiger partial charge in [-0.05, 0) is 43.2 Å². The Hall–Kier alpha value is -2.27. The van der Waals surface area contributed by atoms with Crippen molar-refractivity contribution < 1.29 is 13.6 Å². The van der Waals surface area contributed by atoms with E-state index in [1.54, 1.807) is 6.92 Å². The number of aryl methyl sites for hydroxylation is 1. The fourth-order valence-corrected chi connectivity index (χ4v) is 2.05. The topological polar surface area (TPSA) is 41.1 Å². The van der Waals surface area contributed by atoms with Gasteiger partial charge in [0.05, 0.1) is 6.54 Å². The van der Waals surface area contributed by atoms with Gasteiger partial charge in [0.1, 0.15) is 0 Å². The van der Waals surface area contributed by atoms with Gasteiger partial charge in [-0.3, -0.25) is 4.79 Å². The van der Waals surface area contributed by atoms with Crippen molar-refractivity contribution in [3.63, 3.8) is 0 Å². The molecule has 2 aromatic rings. The van der Waals surface area contributed by atoms with Gasteiger partial charge in [-0.2, -0.15) is 0 Å². The SMILES string of the molecule is Cc1ccccc1NC(=O)CN[C@H](C)c1ccc(F)c(F)c1. The number of para-hydroxylation sites is 1. The predicted octanol–water partition coefficient (Wildman–Crippen LogP) is 3.56. The minimum atomic E-state index is -0.893. The third-order valence-electron chi connectivity index (χ3n) is 3.43. The van der Waals surface area contributed by atoms with E-state index in [1.807, 2.05) is 31.2 Å². The van der Waals surface area contributed by atoms with Crippen LogP contribution in [0.2, 0.25) is 0 Å². The molecule has 3 nitrogen and oxygen atoms in total. The van der Waals surface area contributed by atoms with E-state index in [9.17, 15) is 13.6 Å². The zero-order valence-corrected chi connectivity index (χ0v) is 12.5. The maximum atomic E-state index is 13.2. The molecule has 0 aliphatic heterocycles. The van der Waals surface area contributed by atoms with Gasteiger partial charge in [-0.1, -0.05) is 24.3 Å². The summed E-state index contributed by atoms with van der Waals surface area (Å²) in [5.41, 5.74) is 2.32. The Morgan fingerprint density at radius 3 is 2.55 bits per heavy atom. The number of carbonyl (C=O) groups excluding carboxylic acids is 1. The van der Waals surface area contributed by atoms with Crippen molar-refractivity contribution in [3.05, 3.63) is 65.2 Å². The number of halogens is 2. The molecular weight excluding hydrogens is 286 g/mol. The Bertz CT molecular complexity index is 673. The number of nitrogens with one attached hydrogen (secondary N) is 2. The van der Waals surface area contributed by atoms with Crippen molar-refractivity contribution in [1.29, 1.82) is 0 Å². The molecule has 0 aliphatic rings. The molecule has 0 aliphatic carbocycles. The van der Waals surface area contributed by atoms with Crippen molar-refractivity contribution in [2.45, 2.75) is 19.9 Å². The summed E-state index contributed by atoms with van der Waals surface area (Å²) < 4.78 is 26.1. The Labute approximate surface area is 128 Å². The molecule has 22 heavy (non-hydrogen) atoms. The Balaban J connectivity index is 1.90. The smallest absolute Gasteiger partial charge is 0.238 e. The Morgan fingerprint density at radius 2 is 1.86 bits per heavy atom. The third-order valence-corrected chi connectivity index (χ3v) is 3.43. The van der Waals surface area contributed by atoms with E-state index in [-0.39, 0.29) is 18.5 Å². The van der Waals surface area contributed by atoms with Crippen molar-refractivity contribution in [2.24, 2.45) is 0 Å². The van der Waals surface area contributed by atoms with Crippen molar-refractivity contribution in [2.75, 3.05) is 11.9 Å². The maximum absolute atomic E-state index is 13.2. The first-order valence-electron chi connectivity index (χ1n) is 7.01. The van der Waals surface area contributed by atoms with Crippen LogP contribution in [0.1, 0.15) is 24.1 Å². The van der Waals surface area contributed by atoms with Crippen molar-refractivity contribution >= 4 is 11.6 Å². The van der Waals surface area contributed by atoms with Gasteiger partial charge in [0.2, 0.25) is 5.91 Å². The summed E-state index contributed by atoms with van der Waals surface area (Å²) in [5, 5.41) is 5.79. The van der Waals surface area contributed by atoms with E-state index in [0.717, 1.165) is 23.4 Å². The fourth-order valence-electron chi connectivity index (χ4n) is 2.05. The first-order valence-corrected chi connectivity index (χ1v) is 7.01.